The summed E-state index contributed by atoms with van der Waals surface area (Å²) in [5, 5.41) is 0. The monoisotopic (exact) mass is 281 g/mol. The van der Waals surface area contributed by atoms with E-state index in [9.17, 15) is 4.39 Å². The Morgan fingerprint density at radius 3 is 2.80 bits per heavy atom. The van der Waals surface area contributed by atoms with E-state index in [1.54, 1.807) is 6.07 Å². The molecule has 0 aromatic heterocycles. The molecule has 1 aliphatic rings. The normalized spacial score (nSPS) is 21.4. The maximum atomic E-state index is 13.7. The quantitative estimate of drug-likeness (QED) is 0.887. The van der Waals surface area contributed by atoms with E-state index in [1.165, 1.54) is 13.2 Å². The van der Waals surface area contributed by atoms with Gasteiger partial charge in [-0.3, -0.25) is 4.90 Å². The summed E-state index contributed by atoms with van der Waals surface area (Å²) in [5.74, 6) is -0.0946. The topological polar surface area (TPSA) is 41.7 Å². The second kappa shape index (κ2) is 6.52. The van der Waals surface area contributed by atoms with Crippen LogP contribution in [-0.2, 0) is 0 Å². The molecule has 2 unspecified atom stereocenters. The summed E-state index contributed by atoms with van der Waals surface area (Å²) in [6.07, 6.45) is 1.16. The highest BCUT2D eigenvalue weighted by Crippen LogP contribution is 2.22. The molecule has 0 radical (unpaired) electrons. The maximum absolute atomic E-state index is 13.7. The molecule has 5 heteroatoms. The third-order valence-electron chi connectivity index (χ3n) is 4.04. The standard InChI is InChI=1S/C15H24FN3O/c1-18(2)12-6-7-19(9-12)10-14(17)11-4-5-15(20-3)13(16)8-11/h4-5,8,12,14H,6-7,9-10,17H2,1-3H3. The van der Waals surface area contributed by atoms with Crippen molar-refractivity contribution in [2.45, 2.75) is 18.5 Å². The molecule has 112 valence electrons. The number of ether oxygens (including phenoxy) is 1. The second-order valence-electron chi connectivity index (χ2n) is 5.67. The minimum atomic E-state index is -0.354. The first kappa shape index (κ1) is 15.2. The van der Waals surface area contributed by atoms with E-state index in [0.29, 0.717) is 6.04 Å². The number of nitrogens with two attached hydrogens (primary N) is 1. The number of halogens is 1. The van der Waals surface area contributed by atoms with Gasteiger partial charge in [0.1, 0.15) is 0 Å². The average Bonchev–Trinajstić information content (AvgIpc) is 2.87. The van der Waals surface area contributed by atoms with Gasteiger partial charge in [0.2, 0.25) is 0 Å². The van der Waals surface area contributed by atoms with Crippen LogP contribution in [0, 0.1) is 5.82 Å². The molecule has 20 heavy (non-hydrogen) atoms. The highest BCUT2D eigenvalue weighted by atomic mass is 19.1. The van der Waals surface area contributed by atoms with Crippen LogP contribution in [-0.4, -0.2) is 56.7 Å². The van der Waals surface area contributed by atoms with Crippen LogP contribution in [0.25, 0.3) is 0 Å². The molecular formula is C15H24FN3O. The summed E-state index contributed by atoms with van der Waals surface area (Å²) in [6, 6.07) is 5.37. The van der Waals surface area contributed by atoms with Crippen molar-refractivity contribution in [1.29, 1.82) is 0 Å². The molecule has 1 fully saturated rings. The van der Waals surface area contributed by atoms with Crippen LogP contribution in [0.1, 0.15) is 18.0 Å². The summed E-state index contributed by atoms with van der Waals surface area (Å²) >= 11 is 0. The molecule has 4 nitrogen and oxygen atoms in total. The minimum absolute atomic E-state index is 0.170. The van der Waals surface area contributed by atoms with Crippen LogP contribution in [0.3, 0.4) is 0 Å². The van der Waals surface area contributed by atoms with Gasteiger partial charge in [-0.15, -0.1) is 0 Å². The minimum Gasteiger partial charge on any atom is -0.494 e. The van der Waals surface area contributed by atoms with E-state index in [4.69, 9.17) is 10.5 Å². The lowest BCUT2D eigenvalue weighted by Crippen LogP contribution is -2.34. The van der Waals surface area contributed by atoms with Gasteiger partial charge in [0.05, 0.1) is 7.11 Å². The van der Waals surface area contributed by atoms with Gasteiger partial charge in [-0.1, -0.05) is 6.07 Å². The summed E-state index contributed by atoms with van der Waals surface area (Å²) in [6.45, 7) is 2.84. The Balaban J connectivity index is 1.95. The van der Waals surface area contributed by atoms with E-state index < -0.39 is 0 Å². The van der Waals surface area contributed by atoms with E-state index in [2.05, 4.69) is 23.9 Å². The Labute approximate surface area is 120 Å². The third-order valence-corrected chi connectivity index (χ3v) is 4.04. The summed E-state index contributed by atoms with van der Waals surface area (Å²) in [7, 11) is 5.67. The summed E-state index contributed by atoms with van der Waals surface area (Å²) in [5.41, 5.74) is 7.01. The Morgan fingerprint density at radius 2 is 2.25 bits per heavy atom. The lowest BCUT2D eigenvalue weighted by molar-refractivity contribution is 0.260. The second-order valence-corrected chi connectivity index (χ2v) is 5.67. The molecule has 0 spiro atoms. The highest BCUT2D eigenvalue weighted by molar-refractivity contribution is 5.31. The number of methoxy groups -OCH3 is 1. The molecule has 0 saturated carbocycles. The summed E-state index contributed by atoms with van der Waals surface area (Å²) < 4.78 is 18.6. The van der Waals surface area contributed by atoms with Crippen LogP contribution in [0.15, 0.2) is 18.2 Å². The van der Waals surface area contributed by atoms with Gasteiger partial charge in [-0.25, -0.2) is 4.39 Å². The van der Waals surface area contributed by atoms with Crippen molar-refractivity contribution in [3.8, 4) is 5.75 Å². The number of nitrogens with zero attached hydrogens (tertiary/aromatic N) is 2. The molecule has 1 aliphatic heterocycles. The molecule has 0 aliphatic carbocycles. The van der Waals surface area contributed by atoms with Crippen LogP contribution in [0.5, 0.6) is 5.75 Å². The summed E-state index contributed by atoms with van der Waals surface area (Å²) in [4.78, 5) is 4.59. The van der Waals surface area contributed by atoms with E-state index in [-0.39, 0.29) is 17.6 Å². The van der Waals surface area contributed by atoms with Gasteiger partial charge in [-0.2, -0.15) is 0 Å². The fourth-order valence-electron chi connectivity index (χ4n) is 2.70. The fourth-order valence-corrected chi connectivity index (χ4v) is 2.70. The van der Waals surface area contributed by atoms with Gasteiger partial charge in [0, 0.05) is 25.2 Å². The Morgan fingerprint density at radius 1 is 1.50 bits per heavy atom. The molecule has 2 N–H and O–H groups in total. The molecule has 1 aromatic rings. The number of likely N-dealkylation sites (N-methyl/N-ethyl adjacent to an activating group) is 1. The fraction of sp³-hybridized carbons (Fsp3) is 0.600. The van der Waals surface area contributed by atoms with E-state index >= 15 is 0 Å². The van der Waals surface area contributed by atoms with Gasteiger partial charge in [0.15, 0.2) is 11.6 Å². The first-order valence-corrected chi connectivity index (χ1v) is 6.99. The van der Waals surface area contributed by atoms with Crippen molar-refractivity contribution in [2.75, 3.05) is 40.8 Å². The first-order chi connectivity index (χ1) is 9.51. The smallest absolute Gasteiger partial charge is 0.165 e. The SMILES string of the molecule is COc1ccc(C(N)CN2CCC(N(C)C)C2)cc1F. The molecule has 0 amide bonds. The van der Waals surface area contributed by atoms with Crippen LogP contribution in [0.4, 0.5) is 4.39 Å². The zero-order valence-corrected chi connectivity index (χ0v) is 12.5. The number of rotatable bonds is 5. The first-order valence-electron chi connectivity index (χ1n) is 6.99. The number of likely N-dealkylation sites (tertiary alicyclic amines) is 1. The van der Waals surface area contributed by atoms with Crippen molar-refractivity contribution in [2.24, 2.45) is 5.73 Å². The van der Waals surface area contributed by atoms with Crippen molar-refractivity contribution < 1.29 is 9.13 Å². The van der Waals surface area contributed by atoms with Crippen molar-refractivity contribution in [3.63, 3.8) is 0 Å². The average molecular weight is 281 g/mol. The van der Waals surface area contributed by atoms with Gasteiger partial charge >= 0.3 is 0 Å². The van der Waals surface area contributed by atoms with Crippen molar-refractivity contribution in [3.05, 3.63) is 29.6 Å². The van der Waals surface area contributed by atoms with Gasteiger partial charge in [-0.05, 0) is 44.8 Å². The zero-order chi connectivity index (χ0) is 14.7. The molecule has 1 heterocycles. The predicted octanol–water partition coefficient (Wildman–Crippen LogP) is 1.47. The Bertz CT molecular complexity index is 453. The van der Waals surface area contributed by atoms with Gasteiger partial charge in [0.25, 0.3) is 0 Å². The molecule has 0 bridgehead atoms. The zero-order valence-electron chi connectivity index (χ0n) is 12.5. The van der Waals surface area contributed by atoms with Crippen LogP contribution in [0.2, 0.25) is 0 Å². The van der Waals surface area contributed by atoms with Crippen LogP contribution >= 0.6 is 0 Å². The predicted molar refractivity (Wildman–Crippen MR) is 78.4 cm³/mol. The van der Waals surface area contributed by atoms with E-state index in [0.717, 1.165) is 31.6 Å². The van der Waals surface area contributed by atoms with Gasteiger partial charge < -0.3 is 15.4 Å². The maximum Gasteiger partial charge on any atom is 0.165 e. The molecule has 2 atom stereocenters. The van der Waals surface area contributed by atoms with Crippen molar-refractivity contribution >= 4 is 0 Å². The van der Waals surface area contributed by atoms with Crippen molar-refractivity contribution in [1.82, 2.24) is 9.80 Å². The largest absolute Gasteiger partial charge is 0.494 e. The van der Waals surface area contributed by atoms with Crippen LogP contribution < -0.4 is 10.5 Å². The molecule has 1 aromatic carbocycles. The number of hydrogen-bond donors (Lipinski definition) is 1. The molecule has 1 saturated heterocycles. The van der Waals surface area contributed by atoms with E-state index in [1.807, 2.05) is 6.07 Å². The Hall–Kier alpha value is -1.17. The number of hydrogen-bond acceptors (Lipinski definition) is 4. The third kappa shape index (κ3) is 3.48. The lowest BCUT2D eigenvalue weighted by atomic mass is 10.1. The highest BCUT2D eigenvalue weighted by Gasteiger charge is 2.25. The lowest BCUT2D eigenvalue weighted by Gasteiger charge is -2.23. The Kier molecular flexibility index (Phi) is 4.96. The molecule has 2 rings (SSSR count). The molecular weight excluding hydrogens is 257 g/mol. The number of benzene rings is 1.